The Kier molecular flexibility index (Phi) is 5.08. The average Bonchev–Trinajstić information content (AvgIpc) is 3.39. The molecule has 0 bridgehead atoms. The van der Waals surface area contributed by atoms with Crippen molar-refractivity contribution >= 4 is 16.5 Å². The Morgan fingerprint density at radius 3 is 2.51 bits per heavy atom. The zero-order chi connectivity index (χ0) is 25.1. The van der Waals surface area contributed by atoms with Gasteiger partial charge < -0.3 is 18.3 Å². The fraction of sp³-hybridized carbons (Fsp3) is 0.208. The molecule has 0 aliphatic carbocycles. The van der Waals surface area contributed by atoms with Gasteiger partial charge in [-0.25, -0.2) is 4.98 Å². The van der Waals surface area contributed by atoms with Gasteiger partial charge in [-0.3, -0.25) is 14.0 Å². The summed E-state index contributed by atoms with van der Waals surface area (Å²) in [6.07, 6.45) is 1.36. The Labute approximate surface area is 195 Å². The third-order valence-electron chi connectivity index (χ3n) is 5.87. The van der Waals surface area contributed by atoms with Crippen LogP contribution >= 0.6 is 0 Å². The van der Waals surface area contributed by atoms with E-state index in [9.17, 15) is 22.8 Å². The second-order valence-corrected chi connectivity index (χ2v) is 8.22. The minimum atomic E-state index is -4.84. The van der Waals surface area contributed by atoms with Crippen LogP contribution in [0.2, 0.25) is 0 Å². The van der Waals surface area contributed by atoms with Gasteiger partial charge in [0.25, 0.3) is 11.1 Å². The summed E-state index contributed by atoms with van der Waals surface area (Å²) in [7, 11) is 0. The number of alkyl halides is 3. The molecule has 11 heteroatoms. The molecular formula is C24H19F3N4O4. The van der Waals surface area contributed by atoms with Gasteiger partial charge in [-0.1, -0.05) is 0 Å². The van der Waals surface area contributed by atoms with Crippen LogP contribution in [0.1, 0.15) is 29.9 Å². The minimum Gasteiger partial charge on any atom is -0.464 e. The van der Waals surface area contributed by atoms with E-state index in [1.54, 1.807) is 49.9 Å². The van der Waals surface area contributed by atoms with Crippen molar-refractivity contribution in [2.24, 2.45) is 0 Å². The van der Waals surface area contributed by atoms with Gasteiger partial charge in [0, 0.05) is 29.0 Å². The number of benzene rings is 1. The molecule has 5 aromatic rings. The van der Waals surface area contributed by atoms with Gasteiger partial charge in [-0.05, 0) is 51.1 Å². The molecule has 0 N–H and O–H groups in total. The summed E-state index contributed by atoms with van der Waals surface area (Å²) >= 11 is 0. The first-order valence-corrected chi connectivity index (χ1v) is 10.6. The SMILES string of the molecule is Cc1cn(-c2ccc3c(=O)n(C(C)c4coc5ccc(OC(F)(F)F)cc45)c(C)cn3c2=O)cn1. The zero-order valence-electron chi connectivity index (χ0n) is 18.8. The van der Waals surface area contributed by atoms with Gasteiger partial charge in [0.1, 0.15) is 22.5 Å². The van der Waals surface area contributed by atoms with E-state index < -0.39 is 23.7 Å². The van der Waals surface area contributed by atoms with Crippen LogP contribution in [-0.2, 0) is 0 Å². The van der Waals surface area contributed by atoms with Crippen molar-refractivity contribution in [1.82, 2.24) is 18.5 Å². The smallest absolute Gasteiger partial charge is 0.464 e. The first kappa shape index (κ1) is 22.5. The van der Waals surface area contributed by atoms with Crippen LogP contribution in [0, 0.1) is 13.8 Å². The van der Waals surface area contributed by atoms with Crippen molar-refractivity contribution in [3.05, 3.63) is 93.0 Å². The average molecular weight is 484 g/mol. The Bertz CT molecular complexity index is 1710. The Hall–Kier alpha value is -4.28. The van der Waals surface area contributed by atoms with Crippen LogP contribution in [0.4, 0.5) is 13.2 Å². The van der Waals surface area contributed by atoms with Crippen LogP contribution in [-0.4, -0.2) is 24.9 Å². The Balaban J connectivity index is 1.63. The lowest BCUT2D eigenvalue weighted by Gasteiger charge is -2.19. The first-order chi connectivity index (χ1) is 16.5. The Morgan fingerprint density at radius 2 is 1.83 bits per heavy atom. The number of imidazole rings is 1. The summed E-state index contributed by atoms with van der Waals surface area (Å²) in [6.45, 7) is 5.21. The number of ether oxygens (including phenoxy) is 1. The number of fused-ring (bicyclic) bond motifs is 2. The van der Waals surface area contributed by atoms with Crippen LogP contribution in [0.25, 0.3) is 22.2 Å². The quantitative estimate of drug-likeness (QED) is 0.375. The zero-order valence-corrected chi connectivity index (χ0v) is 18.8. The maximum absolute atomic E-state index is 13.5. The molecule has 0 amide bonds. The summed E-state index contributed by atoms with van der Waals surface area (Å²) in [6, 6.07) is 6.26. The van der Waals surface area contributed by atoms with Crippen molar-refractivity contribution in [2.75, 3.05) is 0 Å². The lowest BCUT2D eigenvalue weighted by Crippen LogP contribution is -2.31. The molecule has 35 heavy (non-hydrogen) atoms. The fourth-order valence-corrected chi connectivity index (χ4v) is 4.30. The molecule has 0 aliphatic rings. The molecule has 0 saturated carbocycles. The van der Waals surface area contributed by atoms with E-state index >= 15 is 0 Å². The molecule has 5 rings (SSSR count). The number of pyridine rings is 1. The molecule has 0 radical (unpaired) electrons. The van der Waals surface area contributed by atoms with Crippen LogP contribution < -0.4 is 15.9 Å². The van der Waals surface area contributed by atoms with Gasteiger partial charge in [0.15, 0.2) is 0 Å². The molecule has 180 valence electrons. The first-order valence-electron chi connectivity index (χ1n) is 10.6. The maximum atomic E-state index is 13.5. The minimum absolute atomic E-state index is 0.155. The predicted molar refractivity (Wildman–Crippen MR) is 121 cm³/mol. The highest BCUT2D eigenvalue weighted by Gasteiger charge is 2.31. The predicted octanol–water partition coefficient (Wildman–Crippen LogP) is 4.52. The lowest BCUT2D eigenvalue weighted by molar-refractivity contribution is -0.274. The monoisotopic (exact) mass is 484 g/mol. The molecule has 4 heterocycles. The van der Waals surface area contributed by atoms with Gasteiger partial charge in [0.05, 0.1) is 24.3 Å². The third-order valence-corrected chi connectivity index (χ3v) is 5.87. The van der Waals surface area contributed by atoms with Crippen LogP contribution in [0.3, 0.4) is 0 Å². The van der Waals surface area contributed by atoms with Crippen LogP contribution in [0.5, 0.6) is 5.75 Å². The van der Waals surface area contributed by atoms with Crippen molar-refractivity contribution in [3.63, 3.8) is 0 Å². The number of aryl methyl sites for hydroxylation is 2. The highest BCUT2D eigenvalue weighted by atomic mass is 19.4. The summed E-state index contributed by atoms with van der Waals surface area (Å²) < 4.78 is 52.0. The molecule has 4 aromatic heterocycles. The standard InChI is InChI=1S/C24H19F3N4O4/c1-13-9-29(12-28-13)19-5-6-20-23(33)31(14(2)10-30(20)22(19)32)15(3)18-11-34-21-7-4-16(8-17(18)21)35-24(25,26)27/h4-12,15H,1-3H3. The van der Waals surface area contributed by atoms with Gasteiger partial charge in [-0.15, -0.1) is 13.2 Å². The molecular weight excluding hydrogens is 465 g/mol. The third kappa shape index (κ3) is 3.88. The molecule has 8 nitrogen and oxygen atoms in total. The van der Waals surface area contributed by atoms with Gasteiger partial charge in [0.2, 0.25) is 0 Å². The van der Waals surface area contributed by atoms with E-state index in [1.165, 1.54) is 33.7 Å². The van der Waals surface area contributed by atoms with Crippen molar-refractivity contribution in [2.45, 2.75) is 33.2 Å². The molecule has 0 saturated heterocycles. The van der Waals surface area contributed by atoms with Crippen molar-refractivity contribution in [1.29, 1.82) is 0 Å². The highest BCUT2D eigenvalue weighted by Crippen LogP contribution is 2.33. The molecule has 1 atom stereocenters. The number of hydrogen-bond donors (Lipinski definition) is 0. The van der Waals surface area contributed by atoms with E-state index in [0.29, 0.717) is 27.9 Å². The number of halogens is 3. The summed E-state index contributed by atoms with van der Waals surface area (Å²) in [5.74, 6) is -0.392. The molecule has 0 spiro atoms. The lowest BCUT2D eigenvalue weighted by atomic mass is 10.1. The summed E-state index contributed by atoms with van der Waals surface area (Å²) in [5, 5.41) is 0.383. The number of hydrogen-bond acceptors (Lipinski definition) is 5. The largest absolute Gasteiger partial charge is 0.573 e. The summed E-state index contributed by atoms with van der Waals surface area (Å²) in [4.78, 5) is 30.7. The number of furan rings is 1. The van der Waals surface area contributed by atoms with E-state index in [-0.39, 0.29) is 11.1 Å². The van der Waals surface area contributed by atoms with Crippen molar-refractivity contribution < 1.29 is 22.3 Å². The highest BCUT2D eigenvalue weighted by molar-refractivity contribution is 5.83. The Morgan fingerprint density at radius 1 is 1.06 bits per heavy atom. The maximum Gasteiger partial charge on any atom is 0.573 e. The molecule has 1 unspecified atom stereocenters. The van der Waals surface area contributed by atoms with Gasteiger partial charge in [-0.2, -0.15) is 0 Å². The molecule has 0 aliphatic heterocycles. The molecule has 0 fully saturated rings. The molecule has 1 aromatic carbocycles. The van der Waals surface area contributed by atoms with E-state index in [0.717, 1.165) is 11.8 Å². The fourth-order valence-electron chi connectivity index (χ4n) is 4.30. The van der Waals surface area contributed by atoms with E-state index in [4.69, 9.17) is 4.42 Å². The second kappa shape index (κ2) is 7.90. The summed E-state index contributed by atoms with van der Waals surface area (Å²) in [5.41, 5.74) is 1.74. The van der Waals surface area contributed by atoms with Crippen molar-refractivity contribution in [3.8, 4) is 11.4 Å². The number of nitrogens with zero attached hydrogens (tertiary/aromatic N) is 4. The normalized spacial score (nSPS) is 13.0. The topological polar surface area (TPSA) is 83.7 Å². The van der Waals surface area contributed by atoms with E-state index in [2.05, 4.69) is 9.72 Å². The number of aromatic nitrogens is 4. The van der Waals surface area contributed by atoms with E-state index in [1.807, 2.05) is 0 Å². The number of rotatable bonds is 4. The van der Waals surface area contributed by atoms with Crippen LogP contribution in [0.15, 0.2) is 69.3 Å². The second-order valence-electron chi connectivity index (χ2n) is 8.22. The van der Waals surface area contributed by atoms with Gasteiger partial charge >= 0.3 is 6.36 Å².